The van der Waals surface area contributed by atoms with E-state index in [-0.39, 0.29) is 0 Å². The Labute approximate surface area is 111 Å². The zero-order valence-corrected chi connectivity index (χ0v) is 11.5. The first kappa shape index (κ1) is 13.6. The maximum Gasteiger partial charge on any atom is 0.0247 e. The van der Waals surface area contributed by atoms with Gasteiger partial charge in [-0.3, -0.25) is 4.90 Å². The Balaban J connectivity index is 1.95. The van der Waals surface area contributed by atoms with Gasteiger partial charge in [-0.05, 0) is 25.5 Å². The highest BCUT2D eigenvalue weighted by Gasteiger charge is 2.23. The fourth-order valence-electron chi connectivity index (χ4n) is 3.03. The third-order valence-electron chi connectivity index (χ3n) is 4.12. The standard InChI is InChI=1S/C16H26N2/c1-18(13-14-9-5-4-6-10-14)16-12-8-3-2-7-11-15(16)17/h4-6,9-10,15-16H,2-3,7-8,11-13,17H2,1H3. The van der Waals surface area contributed by atoms with E-state index in [0.717, 1.165) is 6.54 Å². The van der Waals surface area contributed by atoms with Crippen LogP contribution < -0.4 is 5.73 Å². The molecule has 2 N–H and O–H groups in total. The van der Waals surface area contributed by atoms with Crippen LogP contribution in [-0.2, 0) is 6.54 Å². The molecule has 1 aromatic carbocycles. The molecule has 100 valence electrons. The molecule has 2 rings (SSSR count). The van der Waals surface area contributed by atoms with Crippen molar-refractivity contribution in [2.24, 2.45) is 5.73 Å². The molecule has 0 heterocycles. The number of rotatable bonds is 3. The second-order valence-corrected chi connectivity index (χ2v) is 5.62. The maximum absolute atomic E-state index is 6.36. The Bertz CT molecular complexity index is 336. The van der Waals surface area contributed by atoms with Gasteiger partial charge in [-0.25, -0.2) is 0 Å². The molecule has 0 bridgehead atoms. The highest BCUT2D eigenvalue weighted by molar-refractivity contribution is 5.14. The lowest BCUT2D eigenvalue weighted by atomic mass is 9.92. The van der Waals surface area contributed by atoms with Crippen LogP contribution in [-0.4, -0.2) is 24.0 Å². The fourth-order valence-corrected chi connectivity index (χ4v) is 3.03. The molecule has 2 nitrogen and oxygen atoms in total. The number of hydrogen-bond acceptors (Lipinski definition) is 2. The van der Waals surface area contributed by atoms with Crippen LogP contribution in [0.25, 0.3) is 0 Å². The molecule has 1 aliphatic rings. The molecule has 1 saturated carbocycles. The van der Waals surface area contributed by atoms with Gasteiger partial charge in [0.2, 0.25) is 0 Å². The second kappa shape index (κ2) is 6.91. The van der Waals surface area contributed by atoms with Crippen molar-refractivity contribution in [3.8, 4) is 0 Å². The van der Waals surface area contributed by atoms with Crippen molar-refractivity contribution in [1.82, 2.24) is 4.90 Å². The summed E-state index contributed by atoms with van der Waals surface area (Å²) in [6.45, 7) is 1.01. The minimum Gasteiger partial charge on any atom is -0.326 e. The molecule has 2 atom stereocenters. The van der Waals surface area contributed by atoms with Gasteiger partial charge in [0.25, 0.3) is 0 Å². The minimum atomic E-state index is 0.346. The van der Waals surface area contributed by atoms with Crippen molar-refractivity contribution in [3.05, 3.63) is 35.9 Å². The topological polar surface area (TPSA) is 29.3 Å². The lowest BCUT2D eigenvalue weighted by Crippen LogP contribution is -2.46. The molecule has 0 spiro atoms. The predicted molar refractivity (Wildman–Crippen MR) is 77.4 cm³/mol. The molecular formula is C16H26N2. The Morgan fingerprint density at radius 2 is 1.72 bits per heavy atom. The molecule has 0 saturated heterocycles. The van der Waals surface area contributed by atoms with Gasteiger partial charge in [0.1, 0.15) is 0 Å². The van der Waals surface area contributed by atoms with E-state index in [9.17, 15) is 0 Å². The van der Waals surface area contributed by atoms with Crippen molar-refractivity contribution < 1.29 is 0 Å². The van der Waals surface area contributed by atoms with Gasteiger partial charge in [-0.2, -0.15) is 0 Å². The van der Waals surface area contributed by atoms with E-state index in [1.165, 1.54) is 44.1 Å². The lowest BCUT2D eigenvalue weighted by Gasteiger charge is -2.34. The maximum atomic E-state index is 6.36. The molecule has 18 heavy (non-hydrogen) atoms. The number of nitrogens with two attached hydrogens (primary N) is 1. The average molecular weight is 246 g/mol. The van der Waals surface area contributed by atoms with Gasteiger partial charge < -0.3 is 5.73 Å². The molecule has 1 aliphatic carbocycles. The second-order valence-electron chi connectivity index (χ2n) is 5.62. The van der Waals surface area contributed by atoms with E-state index >= 15 is 0 Å². The van der Waals surface area contributed by atoms with Crippen LogP contribution in [0, 0.1) is 0 Å². The average Bonchev–Trinajstić information content (AvgIpc) is 2.35. The molecule has 0 radical (unpaired) electrons. The van der Waals surface area contributed by atoms with Crippen molar-refractivity contribution in [1.29, 1.82) is 0 Å². The van der Waals surface area contributed by atoms with Crippen LogP contribution in [0.3, 0.4) is 0 Å². The predicted octanol–water partition coefficient (Wildman–Crippen LogP) is 3.17. The molecule has 0 aliphatic heterocycles. The summed E-state index contributed by atoms with van der Waals surface area (Å²) in [5.74, 6) is 0. The molecule has 2 unspecified atom stereocenters. The summed E-state index contributed by atoms with van der Waals surface area (Å²) in [7, 11) is 2.22. The summed E-state index contributed by atoms with van der Waals surface area (Å²) in [4.78, 5) is 2.45. The molecule has 2 heteroatoms. The summed E-state index contributed by atoms with van der Waals surface area (Å²) in [6.07, 6.45) is 7.81. The highest BCUT2D eigenvalue weighted by Crippen LogP contribution is 2.21. The van der Waals surface area contributed by atoms with Gasteiger partial charge in [-0.15, -0.1) is 0 Å². The van der Waals surface area contributed by atoms with Gasteiger partial charge in [0.05, 0.1) is 0 Å². The van der Waals surface area contributed by atoms with E-state index in [2.05, 4.69) is 42.3 Å². The third kappa shape index (κ3) is 3.82. The largest absolute Gasteiger partial charge is 0.326 e. The Morgan fingerprint density at radius 3 is 2.44 bits per heavy atom. The third-order valence-corrected chi connectivity index (χ3v) is 4.12. The molecule has 1 fully saturated rings. The van der Waals surface area contributed by atoms with Gasteiger partial charge in [0.15, 0.2) is 0 Å². The number of benzene rings is 1. The van der Waals surface area contributed by atoms with Crippen LogP contribution in [0.15, 0.2) is 30.3 Å². The molecule has 1 aromatic rings. The van der Waals surface area contributed by atoms with Crippen LogP contribution >= 0.6 is 0 Å². The van der Waals surface area contributed by atoms with Crippen molar-refractivity contribution in [2.75, 3.05) is 7.05 Å². The van der Waals surface area contributed by atoms with Crippen LogP contribution in [0.5, 0.6) is 0 Å². The summed E-state index contributed by atoms with van der Waals surface area (Å²) in [6, 6.07) is 11.6. The highest BCUT2D eigenvalue weighted by atomic mass is 15.1. The first-order chi connectivity index (χ1) is 8.77. The normalized spacial score (nSPS) is 25.7. The van der Waals surface area contributed by atoms with Crippen LogP contribution in [0.1, 0.15) is 44.1 Å². The number of likely N-dealkylation sites (N-methyl/N-ethyl adjacent to an activating group) is 1. The van der Waals surface area contributed by atoms with E-state index in [1.54, 1.807) is 0 Å². The van der Waals surface area contributed by atoms with Crippen LogP contribution in [0.4, 0.5) is 0 Å². The van der Waals surface area contributed by atoms with Gasteiger partial charge in [0, 0.05) is 18.6 Å². The molecule has 0 aromatic heterocycles. The first-order valence-corrected chi connectivity index (χ1v) is 7.27. The van der Waals surface area contributed by atoms with E-state index < -0.39 is 0 Å². The minimum absolute atomic E-state index is 0.346. The van der Waals surface area contributed by atoms with Crippen molar-refractivity contribution >= 4 is 0 Å². The zero-order valence-electron chi connectivity index (χ0n) is 11.5. The lowest BCUT2D eigenvalue weighted by molar-refractivity contribution is 0.174. The quantitative estimate of drug-likeness (QED) is 0.887. The summed E-state index contributed by atoms with van der Waals surface area (Å²) in [5, 5.41) is 0. The Kier molecular flexibility index (Phi) is 5.21. The summed E-state index contributed by atoms with van der Waals surface area (Å²) >= 11 is 0. The number of hydrogen-bond donors (Lipinski definition) is 1. The zero-order chi connectivity index (χ0) is 12.8. The van der Waals surface area contributed by atoms with Crippen molar-refractivity contribution in [3.63, 3.8) is 0 Å². The van der Waals surface area contributed by atoms with E-state index in [4.69, 9.17) is 5.73 Å². The number of nitrogens with zero attached hydrogens (tertiary/aromatic N) is 1. The van der Waals surface area contributed by atoms with Gasteiger partial charge >= 0.3 is 0 Å². The monoisotopic (exact) mass is 246 g/mol. The van der Waals surface area contributed by atoms with E-state index in [0.29, 0.717) is 12.1 Å². The Hall–Kier alpha value is -0.860. The van der Waals surface area contributed by atoms with Crippen molar-refractivity contribution in [2.45, 2.75) is 57.2 Å². The first-order valence-electron chi connectivity index (χ1n) is 7.27. The molecular weight excluding hydrogens is 220 g/mol. The fraction of sp³-hybridized carbons (Fsp3) is 0.625. The van der Waals surface area contributed by atoms with Gasteiger partial charge in [-0.1, -0.05) is 56.0 Å². The Morgan fingerprint density at radius 1 is 1.06 bits per heavy atom. The van der Waals surface area contributed by atoms with E-state index in [1.807, 2.05) is 0 Å². The summed E-state index contributed by atoms with van der Waals surface area (Å²) < 4.78 is 0. The summed E-state index contributed by atoms with van der Waals surface area (Å²) in [5.41, 5.74) is 7.74. The molecule has 0 amide bonds. The smallest absolute Gasteiger partial charge is 0.0247 e. The SMILES string of the molecule is CN(Cc1ccccc1)C1CCCCCCC1N. The van der Waals surface area contributed by atoms with Crippen LogP contribution in [0.2, 0.25) is 0 Å².